The van der Waals surface area contributed by atoms with Crippen LogP contribution < -0.4 is 4.72 Å². The second kappa shape index (κ2) is 8.07. The van der Waals surface area contributed by atoms with E-state index >= 15 is 0 Å². The Bertz CT molecular complexity index is 517. The number of anilines is 1. The first-order chi connectivity index (χ1) is 9.44. The number of nitrogens with one attached hydrogen (secondary N) is 1. The molecule has 0 saturated heterocycles. The molecule has 5 heteroatoms. The van der Waals surface area contributed by atoms with Gasteiger partial charge in [-0.15, -0.1) is 0 Å². The maximum absolute atomic E-state index is 11.1. The lowest BCUT2D eigenvalue weighted by Gasteiger charge is -2.14. The highest BCUT2D eigenvalue weighted by atomic mass is 32.2. The van der Waals surface area contributed by atoms with Gasteiger partial charge in [-0.2, -0.15) is 0 Å². The first-order valence-electron chi connectivity index (χ1n) is 6.88. The van der Waals surface area contributed by atoms with Crippen molar-refractivity contribution >= 4 is 15.7 Å². The summed E-state index contributed by atoms with van der Waals surface area (Å²) in [6.07, 6.45) is 6.34. The maximum atomic E-state index is 11.1. The van der Waals surface area contributed by atoms with Gasteiger partial charge in [-0.1, -0.05) is 38.1 Å². The number of nitrogens with zero attached hydrogens (tertiary/aromatic N) is 1. The van der Waals surface area contributed by atoms with Crippen LogP contribution in [0.5, 0.6) is 0 Å². The van der Waals surface area contributed by atoms with E-state index in [9.17, 15) is 8.42 Å². The van der Waals surface area contributed by atoms with Gasteiger partial charge in [-0.3, -0.25) is 4.72 Å². The Morgan fingerprint density at radius 3 is 2.20 bits per heavy atom. The summed E-state index contributed by atoms with van der Waals surface area (Å²) in [5, 5.41) is 0. The van der Waals surface area contributed by atoms with Gasteiger partial charge in [0.15, 0.2) is 0 Å². The predicted octanol–water partition coefficient (Wildman–Crippen LogP) is 2.50. The van der Waals surface area contributed by atoms with Crippen LogP contribution in [-0.2, 0) is 16.4 Å². The third-order valence-electron chi connectivity index (χ3n) is 3.04. The lowest BCUT2D eigenvalue weighted by atomic mass is 10.1. The van der Waals surface area contributed by atoms with Crippen LogP contribution in [0.1, 0.15) is 19.4 Å². The molecule has 1 aromatic rings. The number of benzene rings is 1. The number of hydrogen-bond acceptors (Lipinski definition) is 3. The van der Waals surface area contributed by atoms with Gasteiger partial charge in [-0.05, 0) is 37.2 Å². The molecule has 0 saturated carbocycles. The van der Waals surface area contributed by atoms with Gasteiger partial charge in [0.05, 0.1) is 6.26 Å². The van der Waals surface area contributed by atoms with E-state index in [1.165, 1.54) is 5.56 Å². The molecule has 112 valence electrons. The van der Waals surface area contributed by atoms with Crippen LogP contribution in [0.2, 0.25) is 0 Å². The first-order valence-corrected chi connectivity index (χ1v) is 8.77. The van der Waals surface area contributed by atoms with Crippen LogP contribution in [-0.4, -0.2) is 39.2 Å². The summed E-state index contributed by atoms with van der Waals surface area (Å²) < 4.78 is 24.6. The third-order valence-corrected chi connectivity index (χ3v) is 3.64. The van der Waals surface area contributed by atoms with E-state index in [1.807, 2.05) is 12.1 Å². The highest BCUT2D eigenvalue weighted by Gasteiger charge is 2.00. The second-order valence-corrected chi connectivity index (χ2v) is 6.48. The molecule has 0 bridgehead atoms. The van der Waals surface area contributed by atoms with E-state index in [-0.39, 0.29) is 0 Å². The van der Waals surface area contributed by atoms with E-state index in [1.54, 1.807) is 12.1 Å². The van der Waals surface area contributed by atoms with Crippen molar-refractivity contribution in [3.8, 4) is 0 Å². The van der Waals surface area contributed by atoms with Crippen molar-refractivity contribution in [1.82, 2.24) is 4.90 Å². The fourth-order valence-electron chi connectivity index (χ4n) is 1.85. The Morgan fingerprint density at radius 2 is 1.70 bits per heavy atom. The van der Waals surface area contributed by atoms with Crippen molar-refractivity contribution in [3.05, 3.63) is 42.0 Å². The average Bonchev–Trinajstić information content (AvgIpc) is 2.39. The van der Waals surface area contributed by atoms with Crippen molar-refractivity contribution in [2.24, 2.45) is 0 Å². The first kappa shape index (κ1) is 16.7. The van der Waals surface area contributed by atoms with Crippen LogP contribution >= 0.6 is 0 Å². The summed E-state index contributed by atoms with van der Waals surface area (Å²) in [6.45, 7) is 7.41. The molecule has 0 heterocycles. The van der Waals surface area contributed by atoms with Crippen LogP contribution in [0.25, 0.3) is 0 Å². The standard InChI is InChI=1S/C15H24N2O2S/c1-4-17(5-2)13-7-6-8-14-9-11-15(12-10-14)16-20(3,18)19/h6-7,9-12,16H,4-5,8,13H2,1-3H3/b7-6+. The van der Waals surface area contributed by atoms with E-state index in [2.05, 4.69) is 35.6 Å². The van der Waals surface area contributed by atoms with Crippen LogP contribution in [0, 0.1) is 0 Å². The zero-order valence-corrected chi connectivity index (χ0v) is 13.3. The number of rotatable bonds is 8. The second-order valence-electron chi connectivity index (χ2n) is 4.73. The van der Waals surface area contributed by atoms with Gasteiger partial charge in [0.25, 0.3) is 0 Å². The van der Waals surface area contributed by atoms with Crippen molar-refractivity contribution in [3.63, 3.8) is 0 Å². The molecule has 20 heavy (non-hydrogen) atoms. The topological polar surface area (TPSA) is 49.4 Å². The predicted molar refractivity (Wildman–Crippen MR) is 85.5 cm³/mol. The molecule has 0 aliphatic rings. The van der Waals surface area contributed by atoms with Gasteiger partial charge in [0.1, 0.15) is 0 Å². The molecule has 1 N–H and O–H groups in total. The maximum Gasteiger partial charge on any atom is 0.229 e. The molecule has 0 aliphatic heterocycles. The third kappa shape index (κ3) is 6.73. The summed E-state index contributed by atoms with van der Waals surface area (Å²) in [6, 6.07) is 7.45. The summed E-state index contributed by atoms with van der Waals surface area (Å²) in [5.41, 5.74) is 1.77. The SMILES string of the molecule is CCN(CC)C/C=C/Cc1ccc(NS(C)(=O)=O)cc1. The molecule has 4 nitrogen and oxygen atoms in total. The normalized spacial score (nSPS) is 12.2. The largest absolute Gasteiger partial charge is 0.300 e. The van der Waals surface area contributed by atoms with Crippen molar-refractivity contribution in [1.29, 1.82) is 0 Å². The number of hydrogen-bond donors (Lipinski definition) is 1. The number of likely N-dealkylation sites (N-methyl/N-ethyl adjacent to an activating group) is 1. The molecule has 0 radical (unpaired) electrons. The Morgan fingerprint density at radius 1 is 1.10 bits per heavy atom. The average molecular weight is 296 g/mol. The van der Waals surface area contributed by atoms with Crippen LogP contribution in [0.4, 0.5) is 5.69 Å². The monoisotopic (exact) mass is 296 g/mol. The molecular formula is C15H24N2O2S. The van der Waals surface area contributed by atoms with Crippen LogP contribution in [0.3, 0.4) is 0 Å². The summed E-state index contributed by atoms with van der Waals surface area (Å²) in [5.74, 6) is 0. The fraction of sp³-hybridized carbons (Fsp3) is 0.467. The zero-order valence-electron chi connectivity index (χ0n) is 12.5. The Balaban J connectivity index is 2.48. The highest BCUT2D eigenvalue weighted by Crippen LogP contribution is 2.11. The summed E-state index contributed by atoms with van der Waals surface area (Å²) in [4.78, 5) is 2.34. The molecule has 1 aromatic carbocycles. The van der Waals surface area contributed by atoms with E-state index < -0.39 is 10.0 Å². The Hall–Kier alpha value is -1.33. The fourth-order valence-corrected chi connectivity index (χ4v) is 2.41. The molecule has 1 rings (SSSR count). The minimum absolute atomic E-state index is 0.600. The van der Waals surface area contributed by atoms with Crippen molar-refractivity contribution < 1.29 is 8.42 Å². The molecule has 0 aromatic heterocycles. The van der Waals surface area contributed by atoms with Gasteiger partial charge < -0.3 is 4.90 Å². The van der Waals surface area contributed by atoms with Gasteiger partial charge >= 0.3 is 0 Å². The van der Waals surface area contributed by atoms with Gasteiger partial charge in [0, 0.05) is 12.2 Å². The van der Waals surface area contributed by atoms with Crippen molar-refractivity contribution in [2.45, 2.75) is 20.3 Å². The molecule has 0 unspecified atom stereocenters. The lowest BCUT2D eigenvalue weighted by Crippen LogP contribution is -2.22. The number of sulfonamides is 1. The molecule has 0 amide bonds. The van der Waals surface area contributed by atoms with Gasteiger partial charge in [0.2, 0.25) is 10.0 Å². The lowest BCUT2D eigenvalue weighted by molar-refractivity contribution is 0.337. The number of allylic oxidation sites excluding steroid dienone is 1. The highest BCUT2D eigenvalue weighted by molar-refractivity contribution is 7.92. The molecule has 0 fully saturated rings. The van der Waals surface area contributed by atoms with Crippen LogP contribution in [0.15, 0.2) is 36.4 Å². The molecule has 0 aliphatic carbocycles. The van der Waals surface area contributed by atoms with E-state index in [4.69, 9.17) is 0 Å². The Labute approximate surface area is 122 Å². The van der Waals surface area contributed by atoms with Gasteiger partial charge in [-0.25, -0.2) is 8.42 Å². The molecule has 0 atom stereocenters. The van der Waals surface area contributed by atoms with Crippen molar-refractivity contribution in [2.75, 3.05) is 30.6 Å². The summed E-state index contributed by atoms with van der Waals surface area (Å²) in [7, 11) is -3.20. The summed E-state index contributed by atoms with van der Waals surface area (Å²) >= 11 is 0. The minimum atomic E-state index is -3.20. The van der Waals surface area contributed by atoms with E-state index in [0.29, 0.717) is 5.69 Å². The minimum Gasteiger partial charge on any atom is -0.300 e. The molecule has 0 spiro atoms. The smallest absolute Gasteiger partial charge is 0.229 e. The quantitative estimate of drug-likeness (QED) is 0.750. The molecular weight excluding hydrogens is 272 g/mol. The van der Waals surface area contributed by atoms with E-state index in [0.717, 1.165) is 32.3 Å². The zero-order chi connectivity index (χ0) is 15.0. The Kier molecular flexibility index (Phi) is 6.75.